The van der Waals surface area contributed by atoms with E-state index in [1.54, 1.807) is 12.1 Å². The predicted octanol–water partition coefficient (Wildman–Crippen LogP) is 4.81. The lowest BCUT2D eigenvalue weighted by Gasteiger charge is -2.12. The molecule has 0 N–H and O–H groups in total. The number of benzene rings is 2. The number of aliphatic imine (C=N–C) groups is 1. The highest BCUT2D eigenvalue weighted by molar-refractivity contribution is 6.06. The Morgan fingerprint density at radius 2 is 1.71 bits per heavy atom. The molecule has 1 atom stereocenters. The fourth-order valence-corrected chi connectivity index (χ4v) is 2.87. The average Bonchev–Trinajstić information content (AvgIpc) is 3.04. The van der Waals surface area contributed by atoms with Crippen LogP contribution >= 0.6 is 0 Å². The summed E-state index contributed by atoms with van der Waals surface area (Å²) in [6, 6.07) is 16.3. The van der Waals surface area contributed by atoms with Crippen molar-refractivity contribution in [3.63, 3.8) is 0 Å². The lowest BCUT2D eigenvalue weighted by atomic mass is 9.91. The SMILES string of the molecule is Fc1ccc(OCC2=CC3C=C(c4ccccc4)C=CC3=N2)cc1. The third-order valence-electron chi connectivity index (χ3n) is 4.09. The molecule has 0 bridgehead atoms. The van der Waals surface area contributed by atoms with Crippen LogP contribution in [0.25, 0.3) is 5.57 Å². The fourth-order valence-electron chi connectivity index (χ4n) is 2.87. The second kappa shape index (κ2) is 6.28. The molecule has 2 aliphatic rings. The Hall–Kier alpha value is -2.94. The molecule has 4 rings (SSSR count). The van der Waals surface area contributed by atoms with Gasteiger partial charge in [0.2, 0.25) is 0 Å². The van der Waals surface area contributed by atoms with Gasteiger partial charge in [0, 0.05) is 5.92 Å². The van der Waals surface area contributed by atoms with Gasteiger partial charge in [0.25, 0.3) is 0 Å². The molecule has 3 heteroatoms. The Bertz CT molecular complexity index is 860. The fraction of sp³-hybridized carbons (Fsp3) is 0.0952. The van der Waals surface area contributed by atoms with Gasteiger partial charge in [-0.05, 0) is 47.6 Å². The molecule has 1 aliphatic heterocycles. The maximum atomic E-state index is 12.9. The minimum absolute atomic E-state index is 0.192. The Morgan fingerprint density at radius 3 is 2.50 bits per heavy atom. The Balaban J connectivity index is 1.47. The van der Waals surface area contributed by atoms with Gasteiger partial charge in [0.05, 0.1) is 11.4 Å². The normalized spacial score (nSPS) is 18.5. The molecule has 1 heterocycles. The smallest absolute Gasteiger partial charge is 0.130 e. The molecule has 24 heavy (non-hydrogen) atoms. The molecule has 2 aromatic rings. The number of hydrogen-bond acceptors (Lipinski definition) is 2. The first-order valence-corrected chi connectivity index (χ1v) is 7.91. The van der Waals surface area contributed by atoms with Gasteiger partial charge in [-0.25, -0.2) is 4.39 Å². The molecule has 118 valence electrons. The monoisotopic (exact) mass is 317 g/mol. The predicted molar refractivity (Wildman–Crippen MR) is 94.5 cm³/mol. The molecule has 2 aromatic carbocycles. The second-order valence-electron chi connectivity index (χ2n) is 5.78. The highest BCUT2D eigenvalue weighted by atomic mass is 19.1. The van der Waals surface area contributed by atoms with Crippen LogP contribution in [0, 0.1) is 11.7 Å². The van der Waals surface area contributed by atoms with E-state index in [0.717, 1.165) is 11.4 Å². The van der Waals surface area contributed by atoms with E-state index in [9.17, 15) is 4.39 Å². The van der Waals surface area contributed by atoms with Crippen LogP contribution in [0.2, 0.25) is 0 Å². The van der Waals surface area contributed by atoms with E-state index in [0.29, 0.717) is 12.4 Å². The first-order chi connectivity index (χ1) is 11.8. The first kappa shape index (κ1) is 14.6. The number of ether oxygens (including phenoxy) is 1. The molecule has 0 amide bonds. The minimum Gasteiger partial charge on any atom is -0.487 e. The van der Waals surface area contributed by atoms with Crippen molar-refractivity contribution in [3.8, 4) is 5.75 Å². The van der Waals surface area contributed by atoms with E-state index in [4.69, 9.17) is 4.74 Å². The minimum atomic E-state index is -0.266. The zero-order chi connectivity index (χ0) is 16.4. The number of hydrogen-bond donors (Lipinski definition) is 0. The van der Waals surface area contributed by atoms with E-state index < -0.39 is 0 Å². The van der Waals surface area contributed by atoms with Gasteiger partial charge < -0.3 is 4.74 Å². The van der Waals surface area contributed by atoms with Crippen LogP contribution < -0.4 is 4.74 Å². The molecule has 1 aliphatic carbocycles. The lowest BCUT2D eigenvalue weighted by Crippen LogP contribution is -2.07. The standard InChI is InChI=1S/C21H16FNO/c22-18-7-9-20(10-8-18)24-14-19-13-17-12-16(6-11-21(17)23-19)15-4-2-1-3-5-15/h1-13,17H,14H2. The second-order valence-corrected chi connectivity index (χ2v) is 5.78. The highest BCUT2D eigenvalue weighted by Gasteiger charge is 2.21. The number of rotatable bonds is 4. The summed E-state index contributed by atoms with van der Waals surface area (Å²) in [7, 11) is 0. The summed E-state index contributed by atoms with van der Waals surface area (Å²) in [5.74, 6) is 0.567. The van der Waals surface area contributed by atoms with Crippen LogP contribution in [0.4, 0.5) is 4.39 Å². The van der Waals surface area contributed by atoms with Gasteiger partial charge in [-0.1, -0.05) is 42.5 Å². The van der Waals surface area contributed by atoms with E-state index in [1.165, 1.54) is 23.3 Å². The number of allylic oxidation sites excluding steroid dienone is 5. The van der Waals surface area contributed by atoms with Gasteiger partial charge in [0.15, 0.2) is 0 Å². The molecule has 0 aromatic heterocycles. The van der Waals surface area contributed by atoms with Crippen molar-refractivity contribution in [1.29, 1.82) is 0 Å². The third-order valence-corrected chi connectivity index (χ3v) is 4.09. The molecule has 1 unspecified atom stereocenters. The summed E-state index contributed by atoms with van der Waals surface area (Å²) in [4.78, 5) is 4.62. The molecule has 2 nitrogen and oxygen atoms in total. The van der Waals surface area contributed by atoms with Gasteiger partial charge in [0.1, 0.15) is 18.2 Å². The Kier molecular flexibility index (Phi) is 3.83. The van der Waals surface area contributed by atoms with Crippen LogP contribution in [0.15, 0.2) is 89.6 Å². The molecule has 0 fully saturated rings. The summed E-state index contributed by atoms with van der Waals surface area (Å²) in [6.45, 7) is 0.383. The van der Waals surface area contributed by atoms with Crippen molar-refractivity contribution >= 4 is 11.3 Å². The van der Waals surface area contributed by atoms with Crippen molar-refractivity contribution in [2.45, 2.75) is 0 Å². The van der Waals surface area contributed by atoms with Gasteiger partial charge in [-0.2, -0.15) is 0 Å². The zero-order valence-corrected chi connectivity index (χ0v) is 13.0. The summed E-state index contributed by atoms with van der Waals surface area (Å²) in [6.07, 6.45) is 8.50. The van der Waals surface area contributed by atoms with E-state index in [-0.39, 0.29) is 11.7 Å². The summed E-state index contributed by atoms with van der Waals surface area (Å²) < 4.78 is 18.6. The van der Waals surface area contributed by atoms with Crippen molar-refractivity contribution in [2.75, 3.05) is 6.61 Å². The largest absolute Gasteiger partial charge is 0.487 e. The van der Waals surface area contributed by atoms with Crippen LogP contribution in [0.5, 0.6) is 5.75 Å². The Labute approximate surface area is 140 Å². The summed E-state index contributed by atoms with van der Waals surface area (Å²) >= 11 is 0. The Morgan fingerprint density at radius 1 is 0.917 bits per heavy atom. The first-order valence-electron chi connectivity index (χ1n) is 7.91. The number of halogens is 1. The van der Waals surface area contributed by atoms with E-state index in [1.807, 2.05) is 18.2 Å². The van der Waals surface area contributed by atoms with Crippen LogP contribution in [-0.4, -0.2) is 12.3 Å². The van der Waals surface area contributed by atoms with E-state index >= 15 is 0 Å². The van der Waals surface area contributed by atoms with E-state index in [2.05, 4.69) is 41.4 Å². The van der Waals surface area contributed by atoms with Gasteiger partial charge >= 0.3 is 0 Å². The maximum Gasteiger partial charge on any atom is 0.130 e. The number of fused-ring (bicyclic) bond motifs is 1. The molecular weight excluding hydrogens is 301 g/mol. The van der Waals surface area contributed by atoms with Crippen LogP contribution in [0.1, 0.15) is 5.56 Å². The van der Waals surface area contributed by atoms with Crippen molar-refractivity contribution in [2.24, 2.45) is 10.9 Å². The van der Waals surface area contributed by atoms with Crippen LogP contribution in [0.3, 0.4) is 0 Å². The highest BCUT2D eigenvalue weighted by Crippen LogP contribution is 2.29. The van der Waals surface area contributed by atoms with Gasteiger partial charge in [-0.15, -0.1) is 0 Å². The van der Waals surface area contributed by atoms with Crippen molar-refractivity contribution in [1.82, 2.24) is 0 Å². The van der Waals surface area contributed by atoms with Crippen molar-refractivity contribution in [3.05, 3.63) is 96.0 Å². The van der Waals surface area contributed by atoms with Gasteiger partial charge in [-0.3, -0.25) is 4.99 Å². The molecule has 0 spiro atoms. The topological polar surface area (TPSA) is 21.6 Å². The quantitative estimate of drug-likeness (QED) is 0.793. The summed E-state index contributed by atoms with van der Waals surface area (Å²) in [5, 5.41) is 0. The molecule has 0 saturated carbocycles. The molecule has 0 radical (unpaired) electrons. The van der Waals surface area contributed by atoms with Crippen LogP contribution in [-0.2, 0) is 0 Å². The average molecular weight is 317 g/mol. The third kappa shape index (κ3) is 3.06. The molecule has 0 saturated heterocycles. The molecular formula is C21H16FNO. The maximum absolute atomic E-state index is 12.9. The summed E-state index contributed by atoms with van der Waals surface area (Å²) in [5.41, 5.74) is 4.34. The number of nitrogens with zero attached hydrogens (tertiary/aromatic N) is 1. The zero-order valence-electron chi connectivity index (χ0n) is 13.0. The lowest BCUT2D eigenvalue weighted by molar-refractivity contribution is 0.350. The van der Waals surface area contributed by atoms with Crippen molar-refractivity contribution < 1.29 is 9.13 Å².